The molecule has 0 unspecified atom stereocenters. The van der Waals surface area contributed by atoms with Crippen LogP contribution in [0.5, 0.6) is 0 Å². The molecule has 1 aromatic carbocycles. The van der Waals surface area contributed by atoms with E-state index in [0.29, 0.717) is 5.82 Å². The highest BCUT2D eigenvalue weighted by Gasteiger charge is 2.22. The van der Waals surface area contributed by atoms with E-state index in [1.807, 2.05) is 24.9 Å². The van der Waals surface area contributed by atoms with Crippen molar-refractivity contribution in [3.8, 4) is 11.3 Å². The number of nitrogens with two attached hydrogens (primary N) is 1. The normalized spacial score (nSPS) is 15.1. The van der Waals surface area contributed by atoms with Gasteiger partial charge in [0, 0.05) is 28.8 Å². The molecule has 0 atom stereocenters. The van der Waals surface area contributed by atoms with Crippen LogP contribution in [-0.4, -0.2) is 15.0 Å². The van der Waals surface area contributed by atoms with Gasteiger partial charge < -0.3 is 5.73 Å². The summed E-state index contributed by atoms with van der Waals surface area (Å²) in [5.74, 6) is 0.691. The Labute approximate surface area is 105 Å². The van der Waals surface area contributed by atoms with E-state index < -0.39 is 0 Å². The molecule has 1 fully saturated rings. The van der Waals surface area contributed by atoms with Crippen LogP contribution in [0.15, 0.2) is 35.2 Å². The molecular weight excluding hydrogens is 230 g/mol. The van der Waals surface area contributed by atoms with Crippen LogP contribution in [0.4, 0.5) is 5.82 Å². The molecule has 2 aromatic rings. The Morgan fingerprint density at radius 2 is 2.00 bits per heavy atom. The van der Waals surface area contributed by atoms with E-state index in [9.17, 15) is 0 Å². The van der Waals surface area contributed by atoms with Crippen LogP contribution in [0.1, 0.15) is 12.8 Å². The van der Waals surface area contributed by atoms with E-state index in [0.717, 1.165) is 16.5 Å². The molecule has 1 aromatic heterocycles. The van der Waals surface area contributed by atoms with Crippen LogP contribution in [0.2, 0.25) is 0 Å². The predicted molar refractivity (Wildman–Crippen MR) is 71.9 cm³/mol. The topological polar surface area (TPSA) is 43.8 Å². The Hall–Kier alpha value is -1.42. The van der Waals surface area contributed by atoms with Crippen molar-refractivity contribution in [2.75, 3.05) is 5.73 Å². The number of thioether (sulfide) groups is 1. The smallest absolute Gasteiger partial charge is 0.121 e. The average molecular weight is 245 g/mol. The number of aromatic nitrogens is 2. The van der Waals surface area contributed by atoms with E-state index in [1.54, 1.807) is 4.68 Å². The van der Waals surface area contributed by atoms with Crippen molar-refractivity contribution >= 4 is 17.6 Å². The molecule has 1 aliphatic rings. The first-order valence-electron chi connectivity index (χ1n) is 5.79. The number of hydrogen-bond acceptors (Lipinski definition) is 3. The van der Waals surface area contributed by atoms with Crippen LogP contribution >= 0.6 is 11.8 Å². The van der Waals surface area contributed by atoms with Crippen molar-refractivity contribution in [1.82, 2.24) is 9.78 Å². The minimum absolute atomic E-state index is 0.691. The number of nitrogens with zero attached hydrogens (tertiary/aromatic N) is 2. The van der Waals surface area contributed by atoms with Crippen LogP contribution in [-0.2, 0) is 7.05 Å². The lowest BCUT2D eigenvalue weighted by Gasteiger charge is -2.00. The summed E-state index contributed by atoms with van der Waals surface area (Å²) in [6, 6.07) is 10.5. The third-order valence-corrected chi connectivity index (χ3v) is 4.24. The molecule has 2 N–H and O–H groups in total. The fourth-order valence-electron chi connectivity index (χ4n) is 1.71. The first kappa shape index (κ1) is 10.7. The second-order valence-corrected chi connectivity index (χ2v) is 5.79. The summed E-state index contributed by atoms with van der Waals surface area (Å²) in [5, 5.41) is 5.22. The molecule has 0 amide bonds. The number of nitrogen functional groups attached to an aromatic ring is 1. The molecule has 0 bridgehead atoms. The highest BCUT2D eigenvalue weighted by molar-refractivity contribution is 8.00. The molecule has 1 heterocycles. The van der Waals surface area contributed by atoms with Gasteiger partial charge in [-0.05, 0) is 25.0 Å². The Kier molecular flexibility index (Phi) is 2.59. The van der Waals surface area contributed by atoms with Gasteiger partial charge in [0.1, 0.15) is 5.82 Å². The summed E-state index contributed by atoms with van der Waals surface area (Å²) in [5.41, 5.74) is 7.84. The third-order valence-electron chi connectivity index (χ3n) is 2.89. The summed E-state index contributed by atoms with van der Waals surface area (Å²) < 4.78 is 1.70. The number of hydrogen-bond donors (Lipinski definition) is 1. The van der Waals surface area contributed by atoms with E-state index in [4.69, 9.17) is 5.73 Å². The van der Waals surface area contributed by atoms with Crippen molar-refractivity contribution in [3.63, 3.8) is 0 Å². The van der Waals surface area contributed by atoms with Gasteiger partial charge in [-0.1, -0.05) is 12.1 Å². The number of aryl methyl sites for hydroxylation is 1. The second kappa shape index (κ2) is 4.11. The van der Waals surface area contributed by atoms with Crippen molar-refractivity contribution in [2.24, 2.45) is 7.05 Å². The largest absolute Gasteiger partial charge is 0.384 e. The lowest BCUT2D eigenvalue weighted by molar-refractivity contribution is 0.782. The standard InChI is InChI=1S/C13H15N3S/c1-16-13(14)8-12(15-16)9-2-4-10(5-3-9)17-11-6-7-11/h2-5,8,11H,6-7,14H2,1H3. The molecule has 17 heavy (non-hydrogen) atoms. The number of anilines is 1. The van der Waals surface area contributed by atoms with Crippen molar-refractivity contribution in [1.29, 1.82) is 0 Å². The quantitative estimate of drug-likeness (QED) is 0.904. The fraction of sp³-hybridized carbons (Fsp3) is 0.308. The molecule has 3 rings (SSSR count). The zero-order valence-electron chi connectivity index (χ0n) is 9.76. The Balaban J connectivity index is 1.82. The minimum Gasteiger partial charge on any atom is -0.384 e. The second-order valence-electron chi connectivity index (χ2n) is 4.42. The first-order chi connectivity index (χ1) is 8.22. The summed E-state index contributed by atoms with van der Waals surface area (Å²) in [6.45, 7) is 0. The molecular formula is C13H15N3S. The van der Waals surface area contributed by atoms with Gasteiger partial charge in [0.05, 0.1) is 5.69 Å². The summed E-state index contributed by atoms with van der Waals surface area (Å²) in [6.07, 6.45) is 2.73. The molecule has 0 saturated heterocycles. The Morgan fingerprint density at radius 3 is 2.53 bits per heavy atom. The monoisotopic (exact) mass is 245 g/mol. The molecule has 3 nitrogen and oxygen atoms in total. The highest BCUT2D eigenvalue weighted by Crippen LogP contribution is 2.39. The van der Waals surface area contributed by atoms with Crippen molar-refractivity contribution in [2.45, 2.75) is 23.0 Å². The van der Waals surface area contributed by atoms with Gasteiger partial charge in [-0.2, -0.15) is 5.10 Å². The van der Waals surface area contributed by atoms with E-state index in [1.165, 1.54) is 17.7 Å². The average Bonchev–Trinajstić information content (AvgIpc) is 3.07. The summed E-state index contributed by atoms with van der Waals surface area (Å²) in [4.78, 5) is 1.35. The summed E-state index contributed by atoms with van der Waals surface area (Å²) >= 11 is 1.97. The number of rotatable bonds is 3. The van der Waals surface area contributed by atoms with Gasteiger partial charge in [-0.25, -0.2) is 0 Å². The van der Waals surface area contributed by atoms with E-state index in [2.05, 4.69) is 29.4 Å². The highest BCUT2D eigenvalue weighted by atomic mass is 32.2. The van der Waals surface area contributed by atoms with Crippen LogP contribution in [0.25, 0.3) is 11.3 Å². The van der Waals surface area contributed by atoms with E-state index in [-0.39, 0.29) is 0 Å². The van der Waals surface area contributed by atoms with Crippen LogP contribution in [0, 0.1) is 0 Å². The van der Waals surface area contributed by atoms with Gasteiger partial charge in [0.15, 0.2) is 0 Å². The van der Waals surface area contributed by atoms with Gasteiger partial charge in [0.2, 0.25) is 0 Å². The van der Waals surface area contributed by atoms with Crippen LogP contribution in [0.3, 0.4) is 0 Å². The minimum atomic E-state index is 0.691. The lowest BCUT2D eigenvalue weighted by Crippen LogP contribution is -1.96. The van der Waals surface area contributed by atoms with Crippen molar-refractivity contribution in [3.05, 3.63) is 30.3 Å². The van der Waals surface area contributed by atoms with Gasteiger partial charge >= 0.3 is 0 Å². The molecule has 0 spiro atoms. The molecule has 1 aliphatic carbocycles. The fourth-order valence-corrected chi connectivity index (χ4v) is 2.76. The third kappa shape index (κ3) is 2.31. The number of benzene rings is 1. The zero-order chi connectivity index (χ0) is 11.8. The van der Waals surface area contributed by atoms with Gasteiger partial charge in [0.25, 0.3) is 0 Å². The predicted octanol–water partition coefficient (Wildman–Crippen LogP) is 2.92. The molecule has 0 aliphatic heterocycles. The van der Waals surface area contributed by atoms with Crippen molar-refractivity contribution < 1.29 is 0 Å². The maximum Gasteiger partial charge on any atom is 0.121 e. The molecule has 1 saturated carbocycles. The molecule has 0 radical (unpaired) electrons. The Bertz CT molecular complexity index is 507. The SMILES string of the molecule is Cn1nc(-c2ccc(SC3CC3)cc2)cc1N. The molecule has 4 heteroatoms. The maximum absolute atomic E-state index is 5.78. The van der Waals surface area contributed by atoms with Gasteiger partial charge in [-0.15, -0.1) is 11.8 Å². The van der Waals surface area contributed by atoms with Gasteiger partial charge in [-0.3, -0.25) is 4.68 Å². The lowest BCUT2D eigenvalue weighted by atomic mass is 10.1. The summed E-state index contributed by atoms with van der Waals surface area (Å²) in [7, 11) is 1.86. The molecule has 88 valence electrons. The first-order valence-corrected chi connectivity index (χ1v) is 6.67. The van der Waals surface area contributed by atoms with E-state index >= 15 is 0 Å². The zero-order valence-corrected chi connectivity index (χ0v) is 10.6. The van der Waals surface area contributed by atoms with Crippen LogP contribution < -0.4 is 5.73 Å². The maximum atomic E-state index is 5.78. The Morgan fingerprint density at radius 1 is 1.29 bits per heavy atom.